The number of benzene rings is 1. The predicted octanol–water partition coefficient (Wildman–Crippen LogP) is 11.5. The molecule has 0 N–H and O–H groups in total. The van der Waals surface area contributed by atoms with Gasteiger partial charge < -0.3 is 0 Å². The summed E-state index contributed by atoms with van der Waals surface area (Å²) in [5, 5.41) is 0. The van der Waals surface area contributed by atoms with E-state index in [4.69, 9.17) is 0 Å². The summed E-state index contributed by atoms with van der Waals surface area (Å²) >= 11 is 0. The maximum atomic E-state index is 13.6. The number of alkyl halides is 3. The van der Waals surface area contributed by atoms with Crippen molar-refractivity contribution in [1.29, 1.82) is 0 Å². The van der Waals surface area contributed by atoms with E-state index in [0.29, 0.717) is 11.5 Å². The molecule has 2 aliphatic carbocycles. The van der Waals surface area contributed by atoms with Gasteiger partial charge in [-0.3, -0.25) is 0 Å². The monoisotopic (exact) mass is 508 g/mol. The first-order valence-electron chi connectivity index (χ1n) is 14.9. The van der Waals surface area contributed by atoms with Gasteiger partial charge in [-0.1, -0.05) is 109 Å². The summed E-state index contributed by atoms with van der Waals surface area (Å²) < 4.78 is 52.9. The molecule has 0 amide bonds. The van der Waals surface area contributed by atoms with Crippen LogP contribution in [0.25, 0.3) is 5.57 Å². The zero-order valence-corrected chi connectivity index (χ0v) is 22.5. The number of halogens is 4. The average molecular weight is 509 g/mol. The van der Waals surface area contributed by atoms with Crippen molar-refractivity contribution in [3.63, 3.8) is 0 Å². The molecule has 0 bridgehead atoms. The molecule has 1 fully saturated rings. The van der Waals surface area contributed by atoms with Crippen LogP contribution < -0.4 is 0 Å². The molecule has 1 unspecified atom stereocenters. The van der Waals surface area contributed by atoms with Gasteiger partial charge in [0.2, 0.25) is 0 Å². The number of unbranched alkanes of at least 4 members (excludes halogenated alkanes) is 10. The third kappa shape index (κ3) is 9.53. The van der Waals surface area contributed by atoms with Gasteiger partial charge in [0.1, 0.15) is 5.82 Å². The third-order valence-corrected chi connectivity index (χ3v) is 8.87. The van der Waals surface area contributed by atoms with Gasteiger partial charge in [0.25, 0.3) is 0 Å². The normalized spacial score (nSPS) is 23.0. The van der Waals surface area contributed by atoms with Crippen LogP contribution in [-0.4, -0.2) is 0 Å². The molecule has 0 heterocycles. The maximum absolute atomic E-state index is 13.6. The van der Waals surface area contributed by atoms with Crippen LogP contribution in [0, 0.1) is 23.6 Å². The van der Waals surface area contributed by atoms with E-state index < -0.39 is 17.6 Å². The highest BCUT2D eigenvalue weighted by molar-refractivity contribution is 5.67. The SMILES string of the molecule is CCCCCCCCCCCCCC1CCC(C2CC=C(c3ccc(F)c(C(F)(F)F)c3)CC2)CC1. The van der Waals surface area contributed by atoms with Gasteiger partial charge in [0.15, 0.2) is 0 Å². The molecule has 0 saturated heterocycles. The molecule has 4 heteroatoms. The molecule has 0 nitrogen and oxygen atoms in total. The lowest BCUT2D eigenvalue weighted by molar-refractivity contribution is -0.140. The largest absolute Gasteiger partial charge is 0.419 e. The molecule has 1 aromatic carbocycles. The second-order valence-corrected chi connectivity index (χ2v) is 11.6. The number of hydrogen-bond donors (Lipinski definition) is 0. The molecule has 0 aromatic heterocycles. The van der Waals surface area contributed by atoms with Crippen LogP contribution >= 0.6 is 0 Å². The Balaban J connectivity index is 1.29. The van der Waals surface area contributed by atoms with Gasteiger partial charge in [-0.25, -0.2) is 4.39 Å². The quantitative estimate of drug-likeness (QED) is 0.173. The minimum Gasteiger partial charge on any atom is -0.206 e. The lowest BCUT2D eigenvalue weighted by Crippen LogP contribution is -2.23. The van der Waals surface area contributed by atoms with E-state index in [1.807, 2.05) is 0 Å². The lowest BCUT2D eigenvalue weighted by atomic mass is 9.70. The summed E-state index contributed by atoms with van der Waals surface area (Å²) in [5.41, 5.74) is 0.318. The highest BCUT2D eigenvalue weighted by Crippen LogP contribution is 2.43. The van der Waals surface area contributed by atoms with Crippen LogP contribution in [0.1, 0.15) is 140 Å². The molecule has 3 rings (SSSR count). The van der Waals surface area contributed by atoms with E-state index in [1.165, 1.54) is 109 Å². The molecule has 1 aromatic rings. The fraction of sp³-hybridized carbons (Fsp3) is 0.750. The fourth-order valence-corrected chi connectivity index (χ4v) is 6.53. The molecule has 1 atom stereocenters. The summed E-state index contributed by atoms with van der Waals surface area (Å²) in [7, 11) is 0. The molecule has 36 heavy (non-hydrogen) atoms. The van der Waals surface area contributed by atoms with Crippen LogP contribution in [0.4, 0.5) is 17.6 Å². The van der Waals surface area contributed by atoms with Gasteiger partial charge in [-0.2, -0.15) is 13.2 Å². The first kappa shape index (κ1) is 29.2. The minimum atomic E-state index is -4.65. The number of allylic oxidation sites excluding steroid dienone is 2. The van der Waals surface area contributed by atoms with Crippen molar-refractivity contribution in [3.8, 4) is 0 Å². The summed E-state index contributed by atoms with van der Waals surface area (Å²) in [6.45, 7) is 2.27. The molecule has 0 aliphatic heterocycles. The van der Waals surface area contributed by atoms with E-state index in [9.17, 15) is 17.6 Å². The Morgan fingerprint density at radius 2 is 1.36 bits per heavy atom. The Morgan fingerprint density at radius 3 is 1.92 bits per heavy atom. The van der Waals surface area contributed by atoms with Gasteiger partial charge in [-0.05, 0) is 73.1 Å². The van der Waals surface area contributed by atoms with Crippen molar-refractivity contribution >= 4 is 5.57 Å². The molecular weight excluding hydrogens is 460 g/mol. The molecular formula is C32H48F4. The first-order valence-corrected chi connectivity index (χ1v) is 14.9. The molecule has 1 saturated carbocycles. The smallest absolute Gasteiger partial charge is 0.206 e. The zero-order valence-electron chi connectivity index (χ0n) is 22.5. The van der Waals surface area contributed by atoms with Crippen LogP contribution in [0.3, 0.4) is 0 Å². The molecule has 0 spiro atoms. The van der Waals surface area contributed by atoms with E-state index >= 15 is 0 Å². The van der Waals surface area contributed by atoms with E-state index in [-0.39, 0.29) is 0 Å². The maximum Gasteiger partial charge on any atom is 0.419 e. The van der Waals surface area contributed by atoms with Gasteiger partial charge in [0.05, 0.1) is 5.56 Å². The van der Waals surface area contributed by atoms with Crippen molar-refractivity contribution in [2.24, 2.45) is 17.8 Å². The Kier molecular flexibility index (Phi) is 12.3. The van der Waals surface area contributed by atoms with Crippen molar-refractivity contribution < 1.29 is 17.6 Å². The van der Waals surface area contributed by atoms with Gasteiger partial charge in [-0.15, -0.1) is 0 Å². The highest BCUT2D eigenvalue weighted by atomic mass is 19.4. The summed E-state index contributed by atoms with van der Waals surface area (Å²) in [5.74, 6) is 1.12. The van der Waals surface area contributed by atoms with Crippen LogP contribution in [0.15, 0.2) is 24.3 Å². The minimum absolute atomic E-state index is 0.526. The second-order valence-electron chi connectivity index (χ2n) is 11.6. The van der Waals surface area contributed by atoms with Gasteiger partial charge in [0, 0.05) is 0 Å². The predicted molar refractivity (Wildman–Crippen MR) is 143 cm³/mol. The van der Waals surface area contributed by atoms with Crippen LogP contribution in [-0.2, 0) is 6.18 Å². The van der Waals surface area contributed by atoms with Crippen molar-refractivity contribution in [2.45, 2.75) is 135 Å². The van der Waals surface area contributed by atoms with Crippen LogP contribution in [0.2, 0.25) is 0 Å². The molecule has 204 valence electrons. The number of hydrogen-bond acceptors (Lipinski definition) is 0. The molecule has 0 radical (unpaired) electrons. The third-order valence-electron chi connectivity index (χ3n) is 8.87. The van der Waals surface area contributed by atoms with Gasteiger partial charge >= 0.3 is 6.18 Å². The lowest BCUT2D eigenvalue weighted by Gasteiger charge is -2.35. The van der Waals surface area contributed by atoms with Crippen molar-refractivity contribution in [2.75, 3.05) is 0 Å². The fourth-order valence-electron chi connectivity index (χ4n) is 6.53. The topological polar surface area (TPSA) is 0 Å². The van der Waals surface area contributed by atoms with E-state index in [2.05, 4.69) is 13.0 Å². The van der Waals surface area contributed by atoms with E-state index in [0.717, 1.165) is 48.8 Å². The van der Waals surface area contributed by atoms with Crippen LogP contribution in [0.5, 0.6) is 0 Å². The molecule has 2 aliphatic rings. The Morgan fingerprint density at radius 1 is 0.750 bits per heavy atom. The first-order chi connectivity index (χ1) is 17.4. The Hall–Kier alpha value is -1.32. The second kappa shape index (κ2) is 15.2. The Bertz CT molecular complexity index is 786. The zero-order chi connectivity index (χ0) is 25.8. The highest BCUT2D eigenvalue weighted by Gasteiger charge is 2.35. The summed E-state index contributed by atoms with van der Waals surface area (Å²) in [6, 6.07) is 3.44. The van der Waals surface area contributed by atoms with Crippen molar-refractivity contribution in [3.05, 3.63) is 41.2 Å². The van der Waals surface area contributed by atoms with E-state index in [1.54, 1.807) is 0 Å². The summed E-state index contributed by atoms with van der Waals surface area (Å²) in [4.78, 5) is 0. The average Bonchev–Trinajstić information content (AvgIpc) is 2.87. The van der Waals surface area contributed by atoms with Crippen molar-refractivity contribution in [1.82, 2.24) is 0 Å². The number of rotatable bonds is 14. The summed E-state index contributed by atoms with van der Waals surface area (Å²) in [6.07, 6.45) is 22.4. The standard InChI is InChI=1S/C32H48F4/c1-2-3-4-5-6-7-8-9-10-11-12-13-25-14-16-26(17-15-25)27-18-20-28(21-19-27)29-22-23-31(33)30(24-29)32(34,35)36/h20,22-27H,2-19,21H2,1H3. The Labute approximate surface area is 217 Å².